The van der Waals surface area contributed by atoms with E-state index in [1.807, 2.05) is 43.4 Å². The maximum absolute atomic E-state index is 6.13. The number of hydrogen-bond acceptors (Lipinski definition) is 2. The van der Waals surface area contributed by atoms with Crippen LogP contribution < -0.4 is 0 Å². The SMILES string of the molecule is C=C/C=C\C(=C/C=C)c1oc(C(C)CC)nc1C(/C=C\C)=C/C=C. The average molecular weight is 321 g/mol. The van der Waals surface area contributed by atoms with Crippen LogP contribution in [0.15, 0.2) is 78.8 Å². The van der Waals surface area contributed by atoms with E-state index in [4.69, 9.17) is 9.40 Å². The van der Waals surface area contributed by atoms with Crippen LogP contribution in [0.1, 0.15) is 50.5 Å². The summed E-state index contributed by atoms with van der Waals surface area (Å²) in [6.07, 6.45) is 17.8. The Labute approximate surface area is 146 Å². The Morgan fingerprint density at radius 3 is 2.29 bits per heavy atom. The molecule has 1 atom stereocenters. The van der Waals surface area contributed by atoms with E-state index in [1.165, 1.54) is 0 Å². The summed E-state index contributed by atoms with van der Waals surface area (Å²) in [6, 6.07) is 0. The summed E-state index contributed by atoms with van der Waals surface area (Å²) in [6.45, 7) is 17.5. The third-order valence-corrected chi connectivity index (χ3v) is 3.57. The van der Waals surface area contributed by atoms with Gasteiger partial charge in [0.2, 0.25) is 0 Å². The van der Waals surface area contributed by atoms with Gasteiger partial charge < -0.3 is 4.42 Å². The van der Waals surface area contributed by atoms with Crippen LogP contribution in [0.2, 0.25) is 0 Å². The molecule has 0 amide bonds. The Kier molecular flexibility index (Phi) is 8.28. The van der Waals surface area contributed by atoms with Crippen LogP contribution in [-0.4, -0.2) is 4.98 Å². The molecule has 1 aromatic rings. The Hall–Kier alpha value is -2.61. The van der Waals surface area contributed by atoms with Crippen LogP contribution in [0.5, 0.6) is 0 Å². The second-order valence-electron chi connectivity index (χ2n) is 5.35. The highest BCUT2D eigenvalue weighted by atomic mass is 16.4. The summed E-state index contributed by atoms with van der Waals surface area (Å²) >= 11 is 0. The van der Waals surface area contributed by atoms with Crippen LogP contribution in [0, 0.1) is 0 Å². The average Bonchev–Trinajstić information content (AvgIpc) is 3.02. The van der Waals surface area contributed by atoms with Gasteiger partial charge in [-0.1, -0.05) is 88.3 Å². The molecule has 0 N–H and O–H groups in total. The molecule has 126 valence electrons. The van der Waals surface area contributed by atoms with Gasteiger partial charge in [0, 0.05) is 17.1 Å². The highest BCUT2D eigenvalue weighted by Gasteiger charge is 2.20. The first-order chi connectivity index (χ1) is 11.6. The zero-order chi connectivity index (χ0) is 17.9. The van der Waals surface area contributed by atoms with E-state index in [2.05, 4.69) is 33.6 Å². The zero-order valence-electron chi connectivity index (χ0n) is 15.0. The molecule has 1 aromatic heterocycles. The van der Waals surface area contributed by atoms with E-state index in [-0.39, 0.29) is 5.92 Å². The molecule has 0 fully saturated rings. The molecule has 0 radical (unpaired) electrons. The molecule has 0 saturated carbocycles. The molecule has 0 aliphatic carbocycles. The van der Waals surface area contributed by atoms with E-state index >= 15 is 0 Å². The van der Waals surface area contributed by atoms with Gasteiger partial charge in [0.25, 0.3) is 0 Å². The van der Waals surface area contributed by atoms with Crippen molar-refractivity contribution in [2.24, 2.45) is 0 Å². The van der Waals surface area contributed by atoms with Crippen molar-refractivity contribution in [1.29, 1.82) is 0 Å². The highest BCUT2D eigenvalue weighted by Crippen LogP contribution is 2.31. The van der Waals surface area contributed by atoms with Gasteiger partial charge in [-0.3, -0.25) is 0 Å². The molecule has 0 bridgehead atoms. The summed E-state index contributed by atoms with van der Waals surface area (Å²) in [4.78, 5) is 4.76. The van der Waals surface area contributed by atoms with Crippen LogP contribution in [0.25, 0.3) is 11.1 Å². The third kappa shape index (κ3) is 4.95. The van der Waals surface area contributed by atoms with Crippen LogP contribution in [-0.2, 0) is 0 Å². The normalized spacial score (nSPS) is 14.3. The van der Waals surface area contributed by atoms with Crippen molar-refractivity contribution in [2.75, 3.05) is 0 Å². The maximum Gasteiger partial charge on any atom is 0.198 e. The maximum atomic E-state index is 6.13. The molecule has 0 aromatic carbocycles. The van der Waals surface area contributed by atoms with Crippen molar-refractivity contribution < 1.29 is 4.42 Å². The van der Waals surface area contributed by atoms with Gasteiger partial charge in [0.05, 0.1) is 0 Å². The predicted molar refractivity (Wildman–Crippen MR) is 106 cm³/mol. The topological polar surface area (TPSA) is 26.0 Å². The van der Waals surface area contributed by atoms with Crippen molar-refractivity contribution in [3.05, 3.63) is 91.8 Å². The Bertz CT molecular complexity index is 696. The summed E-state index contributed by atoms with van der Waals surface area (Å²) in [5, 5.41) is 0. The minimum absolute atomic E-state index is 0.251. The minimum atomic E-state index is 0.251. The quantitative estimate of drug-likeness (QED) is 0.476. The molecular weight excluding hydrogens is 294 g/mol. The second-order valence-corrected chi connectivity index (χ2v) is 5.35. The van der Waals surface area contributed by atoms with Crippen LogP contribution >= 0.6 is 0 Å². The summed E-state index contributed by atoms with van der Waals surface area (Å²) in [5.41, 5.74) is 2.68. The smallest absolute Gasteiger partial charge is 0.198 e. The Morgan fingerprint density at radius 2 is 1.75 bits per heavy atom. The van der Waals surface area contributed by atoms with Gasteiger partial charge >= 0.3 is 0 Å². The first-order valence-electron chi connectivity index (χ1n) is 8.21. The molecule has 1 heterocycles. The monoisotopic (exact) mass is 321 g/mol. The lowest BCUT2D eigenvalue weighted by atomic mass is 10.0. The van der Waals surface area contributed by atoms with Crippen molar-refractivity contribution in [3.8, 4) is 0 Å². The fourth-order valence-corrected chi connectivity index (χ4v) is 2.14. The summed E-state index contributed by atoms with van der Waals surface area (Å²) in [7, 11) is 0. The van der Waals surface area contributed by atoms with E-state index in [0.29, 0.717) is 0 Å². The zero-order valence-corrected chi connectivity index (χ0v) is 15.0. The first-order valence-corrected chi connectivity index (χ1v) is 8.21. The van der Waals surface area contributed by atoms with Crippen LogP contribution in [0.3, 0.4) is 0 Å². The number of rotatable bonds is 9. The molecule has 1 unspecified atom stereocenters. The van der Waals surface area contributed by atoms with Gasteiger partial charge in [-0.05, 0) is 13.3 Å². The predicted octanol–water partition coefficient (Wildman–Crippen LogP) is 6.65. The van der Waals surface area contributed by atoms with Crippen molar-refractivity contribution >= 4 is 11.1 Å². The third-order valence-electron chi connectivity index (χ3n) is 3.57. The molecule has 0 aliphatic rings. The number of oxazole rings is 1. The molecule has 0 saturated heterocycles. The molecule has 0 spiro atoms. The number of allylic oxidation sites excluding steroid dienone is 11. The lowest BCUT2D eigenvalue weighted by Crippen LogP contribution is -1.92. The fourth-order valence-electron chi connectivity index (χ4n) is 2.14. The second kappa shape index (κ2) is 10.2. The van der Waals surface area contributed by atoms with Gasteiger partial charge in [-0.15, -0.1) is 0 Å². The lowest BCUT2D eigenvalue weighted by molar-refractivity contribution is 0.446. The molecule has 1 rings (SSSR count). The van der Waals surface area contributed by atoms with E-state index in [0.717, 1.165) is 34.9 Å². The van der Waals surface area contributed by atoms with E-state index in [9.17, 15) is 0 Å². The van der Waals surface area contributed by atoms with E-state index < -0.39 is 0 Å². The van der Waals surface area contributed by atoms with Crippen molar-refractivity contribution in [2.45, 2.75) is 33.1 Å². The number of aromatic nitrogens is 1. The Morgan fingerprint density at radius 1 is 1.08 bits per heavy atom. The van der Waals surface area contributed by atoms with Gasteiger partial charge in [-0.2, -0.15) is 0 Å². The molecule has 24 heavy (non-hydrogen) atoms. The molecule has 2 heteroatoms. The lowest BCUT2D eigenvalue weighted by Gasteiger charge is -2.03. The standard InChI is InChI=1S/C22H27NO/c1-7-12-16-19(15-10-4)21-20(18(13-8-2)14-9-3)23-22(24-21)17(6)11-5/h7-10,12-17H,1-2,4,11H2,3,5-6H3/b14-9-,16-12-,18-13+,19-15+. The Balaban J connectivity index is 3.63. The van der Waals surface area contributed by atoms with Gasteiger partial charge in [-0.25, -0.2) is 4.98 Å². The van der Waals surface area contributed by atoms with E-state index in [1.54, 1.807) is 18.2 Å². The van der Waals surface area contributed by atoms with Crippen LogP contribution in [0.4, 0.5) is 0 Å². The molecule has 2 nitrogen and oxygen atoms in total. The van der Waals surface area contributed by atoms with Crippen molar-refractivity contribution in [3.63, 3.8) is 0 Å². The molecule has 0 aliphatic heterocycles. The first kappa shape index (κ1) is 19.4. The number of nitrogens with zero attached hydrogens (tertiary/aromatic N) is 1. The fraction of sp³-hybridized carbons (Fsp3) is 0.227. The van der Waals surface area contributed by atoms with Gasteiger partial charge in [0.1, 0.15) is 5.69 Å². The molecular formula is C22H27NO. The largest absolute Gasteiger partial charge is 0.440 e. The number of hydrogen-bond donors (Lipinski definition) is 0. The highest BCUT2D eigenvalue weighted by molar-refractivity contribution is 5.84. The summed E-state index contributed by atoms with van der Waals surface area (Å²) < 4.78 is 6.13. The summed E-state index contributed by atoms with van der Waals surface area (Å²) in [5.74, 6) is 1.72. The van der Waals surface area contributed by atoms with Gasteiger partial charge in [0.15, 0.2) is 11.7 Å². The minimum Gasteiger partial charge on any atom is -0.440 e. The van der Waals surface area contributed by atoms with Crippen molar-refractivity contribution in [1.82, 2.24) is 4.98 Å².